The fraction of sp³-hybridized carbons (Fsp3) is 0.727. The highest BCUT2D eigenvalue weighted by atomic mass is 32.2. The summed E-state index contributed by atoms with van der Waals surface area (Å²) in [5.74, 6) is -0.560. The zero-order chi connectivity index (χ0) is 14.2. The third kappa shape index (κ3) is 4.75. The lowest BCUT2D eigenvalue weighted by Gasteiger charge is -2.26. The molecule has 0 aliphatic rings. The van der Waals surface area contributed by atoms with E-state index in [1.165, 1.54) is 10.4 Å². The molecule has 0 bridgehead atoms. The summed E-state index contributed by atoms with van der Waals surface area (Å²) in [4.78, 5) is 11.4. The van der Waals surface area contributed by atoms with E-state index >= 15 is 0 Å². The summed E-state index contributed by atoms with van der Waals surface area (Å²) in [6.07, 6.45) is 1.44. The first-order valence-electron chi connectivity index (χ1n) is 5.95. The summed E-state index contributed by atoms with van der Waals surface area (Å²) in [7, 11) is -3.64. The molecular weight excluding hydrogens is 256 g/mol. The van der Waals surface area contributed by atoms with Crippen LogP contribution < -0.4 is 0 Å². The lowest BCUT2D eigenvalue weighted by Crippen LogP contribution is -2.46. The molecule has 0 heterocycles. The van der Waals surface area contributed by atoms with Crippen molar-refractivity contribution in [1.82, 2.24) is 8.61 Å². The second kappa shape index (κ2) is 8.23. The number of hydrogen-bond acceptors (Lipinski definition) is 4. The normalized spacial score (nSPS) is 11.8. The van der Waals surface area contributed by atoms with Crippen molar-refractivity contribution in [2.75, 3.05) is 32.8 Å². The van der Waals surface area contributed by atoms with Crippen LogP contribution in [0.25, 0.3) is 0 Å². The van der Waals surface area contributed by atoms with Crippen molar-refractivity contribution in [1.29, 1.82) is 0 Å². The Morgan fingerprint density at radius 1 is 1.22 bits per heavy atom. The van der Waals surface area contributed by atoms with E-state index < -0.39 is 16.2 Å². The summed E-state index contributed by atoms with van der Waals surface area (Å²) >= 11 is 0. The first kappa shape index (κ1) is 17.1. The van der Waals surface area contributed by atoms with Crippen molar-refractivity contribution in [3.05, 3.63) is 12.7 Å². The van der Waals surface area contributed by atoms with E-state index in [4.69, 9.17) is 4.74 Å². The van der Waals surface area contributed by atoms with Gasteiger partial charge >= 0.3 is 5.97 Å². The quantitative estimate of drug-likeness (QED) is 0.458. The van der Waals surface area contributed by atoms with Crippen LogP contribution in [0.15, 0.2) is 12.7 Å². The molecule has 106 valence electrons. The largest absolute Gasteiger partial charge is 0.465 e. The highest BCUT2D eigenvalue weighted by molar-refractivity contribution is 7.86. The van der Waals surface area contributed by atoms with Crippen molar-refractivity contribution in [2.45, 2.75) is 20.8 Å². The maximum absolute atomic E-state index is 12.2. The monoisotopic (exact) mass is 278 g/mol. The van der Waals surface area contributed by atoms with Crippen LogP contribution in [-0.4, -0.2) is 55.8 Å². The minimum Gasteiger partial charge on any atom is -0.465 e. The van der Waals surface area contributed by atoms with Crippen molar-refractivity contribution in [3.8, 4) is 0 Å². The van der Waals surface area contributed by atoms with Crippen LogP contribution in [-0.2, 0) is 19.7 Å². The molecule has 6 nitrogen and oxygen atoms in total. The first-order valence-corrected chi connectivity index (χ1v) is 7.35. The molecule has 0 rings (SSSR count). The molecule has 18 heavy (non-hydrogen) atoms. The van der Waals surface area contributed by atoms with Gasteiger partial charge in [-0.15, -0.1) is 6.58 Å². The predicted molar refractivity (Wildman–Crippen MR) is 70.2 cm³/mol. The molecule has 0 amide bonds. The van der Waals surface area contributed by atoms with Gasteiger partial charge in [0.2, 0.25) is 0 Å². The second-order valence-corrected chi connectivity index (χ2v) is 5.41. The van der Waals surface area contributed by atoms with Crippen LogP contribution in [0.1, 0.15) is 20.8 Å². The Morgan fingerprint density at radius 3 is 2.17 bits per heavy atom. The molecule has 0 aliphatic heterocycles. The zero-order valence-corrected chi connectivity index (χ0v) is 12.1. The molecule has 0 aliphatic carbocycles. The van der Waals surface area contributed by atoms with Crippen LogP contribution in [0.2, 0.25) is 0 Å². The molecule has 0 aromatic heterocycles. The number of nitrogens with zero attached hydrogens (tertiary/aromatic N) is 2. The standard InChI is InChI=1S/C11H22N2O4S/c1-5-9-13(10-11(14)17-8-4)18(15,16)12(6-2)7-3/h5H,1,6-10H2,2-4H3. The lowest BCUT2D eigenvalue weighted by molar-refractivity contribution is -0.143. The Bertz CT molecular complexity index is 363. The number of carbonyl (C=O) groups is 1. The van der Waals surface area contributed by atoms with Gasteiger partial charge in [-0.2, -0.15) is 17.0 Å². The maximum atomic E-state index is 12.2. The van der Waals surface area contributed by atoms with E-state index in [-0.39, 0.29) is 19.7 Å². The molecule has 0 spiro atoms. The predicted octanol–water partition coefficient (Wildman–Crippen LogP) is 0.624. The van der Waals surface area contributed by atoms with Crippen molar-refractivity contribution >= 4 is 16.2 Å². The topological polar surface area (TPSA) is 66.9 Å². The van der Waals surface area contributed by atoms with Gasteiger partial charge in [-0.1, -0.05) is 19.9 Å². The van der Waals surface area contributed by atoms with E-state index in [1.807, 2.05) is 0 Å². The van der Waals surface area contributed by atoms with E-state index in [2.05, 4.69) is 6.58 Å². The average molecular weight is 278 g/mol. The maximum Gasteiger partial charge on any atom is 0.321 e. The highest BCUT2D eigenvalue weighted by Crippen LogP contribution is 2.08. The van der Waals surface area contributed by atoms with Gasteiger partial charge in [0, 0.05) is 19.6 Å². The smallest absolute Gasteiger partial charge is 0.321 e. The Kier molecular flexibility index (Phi) is 7.81. The van der Waals surface area contributed by atoms with Crippen LogP contribution in [0, 0.1) is 0 Å². The minimum absolute atomic E-state index is 0.0810. The van der Waals surface area contributed by atoms with Gasteiger partial charge in [-0.25, -0.2) is 0 Å². The number of carbonyl (C=O) groups excluding carboxylic acids is 1. The van der Waals surface area contributed by atoms with E-state index in [0.29, 0.717) is 13.1 Å². The number of rotatable bonds is 9. The Balaban J connectivity index is 4.97. The summed E-state index contributed by atoms with van der Waals surface area (Å²) in [5.41, 5.74) is 0. The molecule has 0 saturated heterocycles. The molecule has 0 aromatic rings. The highest BCUT2D eigenvalue weighted by Gasteiger charge is 2.28. The van der Waals surface area contributed by atoms with Crippen LogP contribution in [0.5, 0.6) is 0 Å². The van der Waals surface area contributed by atoms with Crippen LogP contribution >= 0.6 is 0 Å². The number of ether oxygens (including phenoxy) is 1. The first-order chi connectivity index (χ1) is 8.43. The molecule has 0 saturated carbocycles. The molecular formula is C11H22N2O4S. The molecule has 0 unspecified atom stereocenters. The van der Waals surface area contributed by atoms with Gasteiger partial charge in [-0.05, 0) is 6.92 Å². The molecule has 0 aromatic carbocycles. The Labute approximate surface area is 109 Å². The van der Waals surface area contributed by atoms with Gasteiger partial charge in [0.1, 0.15) is 6.54 Å². The molecule has 7 heteroatoms. The van der Waals surface area contributed by atoms with Crippen molar-refractivity contribution in [2.24, 2.45) is 0 Å². The van der Waals surface area contributed by atoms with Gasteiger partial charge in [0.05, 0.1) is 6.61 Å². The van der Waals surface area contributed by atoms with Crippen molar-refractivity contribution < 1.29 is 17.9 Å². The molecule has 0 fully saturated rings. The van der Waals surface area contributed by atoms with Crippen LogP contribution in [0.3, 0.4) is 0 Å². The van der Waals surface area contributed by atoms with Gasteiger partial charge in [-0.3, -0.25) is 4.79 Å². The lowest BCUT2D eigenvalue weighted by atomic mass is 10.5. The summed E-state index contributed by atoms with van der Waals surface area (Å²) in [5, 5.41) is 0. The molecule has 0 radical (unpaired) electrons. The Hall–Kier alpha value is -0.920. The van der Waals surface area contributed by atoms with Gasteiger partial charge in [0.15, 0.2) is 0 Å². The Morgan fingerprint density at radius 2 is 1.78 bits per heavy atom. The van der Waals surface area contributed by atoms with Gasteiger partial charge in [0.25, 0.3) is 10.2 Å². The second-order valence-electron chi connectivity index (χ2n) is 3.48. The number of hydrogen-bond donors (Lipinski definition) is 0. The van der Waals surface area contributed by atoms with Crippen molar-refractivity contribution in [3.63, 3.8) is 0 Å². The molecule has 0 N–H and O–H groups in total. The summed E-state index contributed by atoms with van der Waals surface area (Å²) < 4.78 is 31.5. The zero-order valence-electron chi connectivity index (χ0n) is 11.3. The number of esters is 1. The fourth-order valence-electron chi connectivity index (χ4n) is 1.45. The minimum atomic E-state index is -3.64. The summed E-state index contributed by atoms with van der Waals surface area (Å²) in [6, 6.07) is 0. The third-order valence-electron chi connectivity index (χ3n) is 2.30. The summed E-state index contributed by atoms with van der Waals surface area (Å²) in [6.45, 7) is 9.40. The van der Waals surface area contributed by atoms with E-state index in [0.717, 1.165) is 4.31 Å². The van der Waals surface area contributed by atoms with Gasteiger partial charge < -0.3 is 4.74 Å². The fourth-order valence-corrected chi connectivity index (χ4v) is 2.99. The third-order valence-corrected chi connectivity index (χ3v) is 4.40. The SMILES string of the molecule is C=CCN(CC(=O)OCC)S(=O)(=O)N(CC)CC. The van der Waals surface area contributed by atoms with Crippen LogP contribution in [0.4, 0.5) is 0 Å². The van der Waals surface area contributed by atoms with E-state index in [1.54, 1.807) is 20.8 Å². The molecule has 0 atom stereocenters. The average Bonchev–Trinajstić information content (AvgIpc) is 2.30. The van der Waals surface area contributed by atoms with E-state index in [9.17, 15) is 13.2 Å².